The van der Waals surface area contributed by atoms with E-state index in [0.717, 1.165) is 21.3 Å². The van der Waals surface area contributed by atoms with Crippen molar-refractivity contribution in [2.75, 3.05) is 5.73 Å². The summed E-state index contributed by atoms with van der Waals surface area (Å²) < 4.78 is 0.999. The zero-order valence-electron chi connectivity index (χ0n) is 11.4. The van der Waals surface area contributed by atoms with E-state index >= 15 is 0 Å². The molecule has 3 nitrogen and oxygen atoms in total. The van der Waals surface area contributed by atoms with Crippen LogP contribution in [-0.4, -0.2) is 10.1 Å². The molecular formula is C16H16N2OS. The maximum atomic E-state index is 10.1. The molecule has 1 aromatic heterocycles. The second kappa shape index (κ2) is 4.58. The minimum Gasteiger partial charge on any atom is -0.396 e. The molecule has 4 heteroatoms. The summed E-state index contributed by atoms with van der Waals surface area (Å²) in [5.74, 6) is 0. The summed E-state index contributed by atoms with van der Waals surface area (Å²) in [5, 5.41) is 10.8. The fraction of sp³-hybridized carbons (Fsp3) is 0.188. The molecular weight excluding hydrogens is 268 g/mol. The lowest BCUT2D eigenvalue weighted by atomic mass is 10.0. The van der Waals surface area contributed by atoms with Crippen LogP contribution in [0.5, 0.6) is 0 Å². The molecule has 0 aliphatic rings. The van der Waals surface area contributed by atoms with Crippen LogP contribution in [0.15, 0.2) is 42.5 Å². The number of hydrogen-bond acceptors (Lipinski definition) is 4. The van der Waals surface area contributed by atoms with E-state index in [2.05, 4.69) is 4.98 Å². The first-order valence-electron chi connectivity index (χ1n) is 6.44. The first-order valence-corrected chi connectivity index (χ1v) is 7.26. The predicted molar refractivity (Wildman–Crippen MR) is 84.7 cm³/mol. The lowest BCUT2D eigenvalue weighted by molar-refractivity contribution is 0.0785. The molecule has 0 saturated carbocycles. The number of rotatable bonds is 2. The number of nitrogen functional groups attached to an aromatic ring is 1. The largest absolute Gasteiger partial charge is 0.396 e. The van der Waals surface area contributed by atoms with Crippen LogP contribution in [0.4, 0.5) is 5.69 Å². The van der Waals surface area contributed by atoms with E-state index in [1.165, 1.54) is 11.3 Å². The molecule has 0 amide bonds. The highest BCUT2D eigenvalue weighted by Gasteiger charge is 2.22. The van der Waals surface area contributed by atoms with E-state index in [4.69, 9.17) is 5.73 Å². The van der Waals surface area contributed by atoms with Crippen LogP contribution in [0, 0.1) is 0 Å². The van der Waals surface area contributed by atoms with Crippen LogP contribution in [-0.2, 0) is 5.60 Å². The number of nitrogens with zero attached hydrogens (tertiary/aromatic N) is 1. The first-order chi connectivity index (χ1) is 9.47. The molecule has 102 valence electrons. The smallest absolute Gasteiger partial charge is 0.125 e. The minimum atomic E-state index is -0.941. The molecule has 20 heavy (non-hydrogen) atoms. The van der Waals surface area contributed by atoms with Gasteiger partial charge in [-0.1, -0.05) is 36.4 Å². The molecule has 0 aliphatic heterocycles. The van der Waals surface area contributed by atoms with E-state index < -0.39 is 5.60 Å². The van der Waals surface area contributed by atoms with Crippen molar-refractivity contribution in [3.05, 3.63) is 47.5 Å². The molecule has 3 N–H and O–H groups in total. The van der Waals surface area contributed by atoms with Gasteiger partial charge in [0.1, 0.15) is 16.1 Å². The topological polar surface area (TPSA) is 59.1 Å². The quantitative estimate of drug-likeness (QED) is 0.704. The van der Waals surface area contributed by atoms with Crippen LogP contribution >= 0.6 is 11.3 Å². The third-order valence-electron chi connectivity index (χ3n) is 3.21. The van der Waals surface area contributed by atoms with Gasteiger partial charge >= 0.3 is 0 Å². The monoisotopic (exact) mass is 284 g/mol. The van der Waals surface area contributed by atoms with Gasteiger partial charge in [-0.2, -0.15) is 0 Å². The second-order valence-corrected chi connectivity index (χ2v) is 6.35. The summed E-state index contributed by atoms with van der Waals surface area (Å²) in [6.45, 7) is 3.47. The number of thiazole rings is 1. The maximum Gasteiger partial charge on any atom is 0.125 e. The first kappa shape index (κ1) is 13.1. The van der Waals surface area contributed by atoms with Gasteiger partial charge in [-0.25, -0.2) is 4.98 Å². The van der Waals surface area contributed by atoms with Crippen LogP contribution < -0.4 is 5.73 Å². The third kappa shape index (κ3) is 2.17. The van der Waals surface area contributed by atoms with Gasteiger partial charge in [0.05, 0.1) is 10.4 Å². The van der Waals surface area contributed by atoms with E-state index in [1.807, 2.05) is 42.5 Å². The van der Waals surface area contributed by atoms with Crippen molar-refractivity contribution in [1.82, 2.24) is 4.98 Å². The average Bonchev–Trinajstić information content (AvgIpc) is 2.85. The van der Waals surface area contributed by atoms with E-state index in [1.54, 1.807) is 13.8 Å². The molecule has 0 spiro atoms. The van der Waals surface area contributed by atoms with E-state index in [-0.39, 0.29) is 0 Å². The minimum absolute atomic E-state index is 0.667. The van der Waals surface area contributed by atoms with Crippen molar-refractivity contribution in [1.29, 1.82) is 0 Å². The fourth-order valence-corrected chi connectivity index (χ4v) is 3.13. The lowest BCUT2D eigenvalue weighted by Gasteiger charge is -2.12. The van der Waals surface area contributed by atoms with Crippen molar-refractivity contribution in [3.8, 4) is 11.1 Å². The fourth-order valence-electron chi connectivity index (χ4n) is 2.15. The Bertz CT molecular complexity index is 757. The normalized spacial score (nSPS) is 11.9. The summed E-state index contributed by atoms with van der Waals surface area (Å²) in [4.78, 5) is 4.51. The van der Waals surface area contributed by atoms with Crippen LogP contribution in [0.3, 0.4) is 0 Å². The Morgan fingerprint density at radius 1 is 1.10 bits per heavy atom. The highest BCUT2D eigenvalue weighted by atomic mass is 32.1. The molecule has 2 aromatic carbocycles. The molecule has 0 aliphatic carbocycles. The summed E-state index contributed by atoms with van der Waals surface area (Å²) >= 11 is 1.48. The number of anilines is 1. The number of nitrogens with two attached hydrogens (primary N) is 1. The summed E-state index contributed by atoms with van der Waals surface area (Å²) in [7, 11) is 0. The predicted octanol–water partition coefficient (Wildman–Crippen LogP) is 3.77. The molecule has 0 unspecified atom stereocenters. The molecule has 3 aromatic rings. The standard InChI is InChI=1S/C16H16N2OS/c1-16(2,19)15-18-14-12(20-15)9-8-11(13(14)17)10-6-4-3-5-7-10/h3-9,19H,17H2,1-2H3. The number of aromatic nitrogens is 1. The number of hydrogen-bond donors (Lipinski definition) is 2. The van der Waals surface area contributed by atoms with Gasteiger partial charge in [0.15, 0.2) is 0 Å². The van der Waals surface area contributed by atoms with Crippen molar-refractivity contribution in [2.24, 2.45) is 0 Å². The number of fused-ring (bicyclic) bond motifs is 1. The van der Waals surface area contributed by atoms with Crippen LogP contribution in [0.2, 0.25) is 0 Å². The van der Waals surface area contributed by atoms with Crippen LogP contribution in [0.25, 0.3) is 21.3 Å². The Morgan fingerprint density at radius 2 is 1.80 bits per heavy atom. The molecule has 0 saturated heterocycles. The summed E-state index contributed by atoms with van der Waals surface area (Å²) in [5.41, 5.74) is 8.82. The van der Waals surface area contributed by atoms with Gasteiger partial charge in [-0.15, -0.1) is 11.3 Å². The molecule has 0 fully saturated rings. The zero-order chi connectivity index (χ0) is 14.3. The summed E-state index contributed by atoms with van der Waals surface area (Å²) in [6.07, 6.45) is 0. The Balaban J connectivity index is 2.21. The summed E-state index contributed by atoms with van der Waals surface area (Å²) in [6, 6.07) is 14.0. The van der Waals surface area contributed by atoms with Gasteiger partial charge < -0.3 is 10.8 Å². The van der Waals surface area contributed by atoms with Crippen molar-refractivity contribution < 1.29 is 5.11 Å². The molecule has 3 rings (SSSR count). The van der Waals surface area contributed by atoms with E-state index in [9.17, 15) is 5.11 Å². The lowest BCUT2D eigenvalue weighted by Crippen LogP contribution is -2.14. The average molecular weight is 284 g/mol. The van der Waals surface area contributed by atoms with E-state index in [0.29, 0.717) is 10.7 Å². The molecule has 0 bridgehead atoms. The van der Waals surface area contributed by atoms with Gasteiger partial charge in [-0.05, 0) is 25.5 Å². The molecule has 0 radical (unpaired) electrons. The zero-order valence-corrected chi connectivity index (χ0v) is 12.2. The van der Waals surface area contributed by atoms with Crippen LogP contribution in [0.1, 0.15) is 18.9 Å². The van der Waals surface area contributed by atoms with Gasteiger partial charge in [-0.3, -0.25) is 0 Å². The SMILES string of the molecule is CC(C)(O)c1nc2c(N)c(-c3ccccc3)ccc2s1. The highest BCUT2D eigenvalue weighted by molar-refractivity contribution is 7.18. The highest BCUT2D eigenvalue weighted by Crippen LogP contribution is 2.37. The van der Waals surface area contributed by atoms with Crippen molar-refractivity contribution in [2.45, 2.75) is 19.4 Å². The van der Waals surface area contributed by atoms with Crippen molar-refractivity contribution >= 4 is 27.2 Å². The Kier molecular flexibility index (Phi) is 3.00. The van der Waals surface area contributed by atoms with Crippen molar-refractivity contribution in [3.63, 3.8) is 0 Å². The molecule has 1 heterocycles. The van der Waals surface area contributed by atoms with Gasteiger partial charge in [0.25, 0.3) is 0 Å². The third-order valence-corrected chi connectivity index (χ3v) is 4.54. The Labute approximate surface area is 121 Å². The number of benzene rings is 2. The number of aliphatic hydroxyl groups is 1. The second-order valence-electron chi connectivity index (χ2n) is 5.32. The Morgan fingerprint density at radius 3 is 2.45 bits per heavy atom. The Hall–Kier alpha value is -1.91. The molecule has 0 atom stereocenters. The van der Waals surface area contributed by atoms with Gasteiger partial charge in [0.2, 0.25) is 0 Å². The maximum absolute atomic E-state index is 10.1. The van der Waals surface area contributed by atoms with Gasteiger partial charge in [0, 0.05) is 5.56 Å².